The largest absolute Gasteiger partial charge is 0.392 e. The number of rotatable bonds is 1. The molecule has 5 nitrogen and oxygen atoms in total. The van der Waals surface area contributed by atoms with Gasteiger partial charge in [0.2, 0.25) is 0 Å². The molecule has 1 aliphatic carbocycles. The summed E-state index contributed by atoms with van der Waals surface area (Å²) >= 11 is 0. The van der Waals surface area contributed by atoms with Gasteiger partial charge in [0.15, 0.2) is 0 Å². The molecule has 0 amide bonds. The molecular formula is C7H13NO4. The van der Waals surface area contributed by atoms with Gasteiger partial charge in [0, 0.05) is 0 Å². The summed E-state index contributed by atoms with van der Waals surface area (Å²) in [6, 6.07) is -0.731. The molecule has 0 heterocycles. The topological polar surface area (TPSA) is 107 Å². The molecule has 0 bridgehead atoms. The fraction of sp³-hybridized carbons (Fsp3) is 0.714. The predicted octanol–water partition coefficient (Wildman–Crippen LogP) is -2.67. The van der Waals surface area contributed by atoms with E-state index in [1.165, 1.54) is 6.08 Å². The first-order valence-electron chi connectivity index (χ1n) is 3.69. The fourth-order valence-corrected chi connectivity index (χ4v) is 1.22. The lowest BCUT2D eigenvalue weighted by Gasteiger charge is -2.32. The molecule has 0 saturated heterocycles. The Labute approximate surface area is 69.8 Å². The van der Waals surface area contributed by atoms with Crippen LogP contribution in [0.2, 0.25) is 0 Å². The van der Waals surface area contributed by atoms with Crippen LogP contribution in [-0.2, 0) is 0 Å². The highest BCUT2D eigenvalue weighted by molar-refractivity contribution is 5.20. The van der Waals surface area contributed by atoms with E-state index >= 15 is 0 Å². The van der Waals surface area contributed by atoms with Crippen LogP contribution in [0.5, 0.6) is 0 Å². The molecule has 0 spiro atoms. The zero-order valence-electron chi connectivity index (χ0n) is 6.46. The summed E-state index contributed by atoms with van der Waals surface area (Å²) in [6.45, 7) is -0.362. The molecule has 0 aromatic rings. The average molecular weight is 175 g/mol. The first-order valence-corrected chi connectivity index (χ1v) is 3.69. The maximum absolute atomic E-state index is 9.23. The SMILES string of the molecule is N[C@H]1C=C(CO)[C@H](O)[C@H](O)[C@H]1O. The number of hydrogen-bond donors (Lipinski definition) is 5. The Kier molecular flexibility index (Phi) is 2.81. The van der Waals surface area contributed by atoms with Gasteiger partial charge in [-0.2, -0.15) is 0 Å². The van der Waals surface area contributed by atoms with Gasteiger partial charge in [-0.25, -0.2) is 0 Å². The molecule has 12 heavy (non-hydrogen) atoms. The van der Waals surface area contributed by atoms with Crippen molar-refractivity contribution in [3.8, 4) is 0 Å². The fourth-order valence-electron chi connectivity index (χ4n) is 1.22. The molecule has 0 unspecified atom stereocenters. The van der Waals surface area contributed by atoms with Crippen molar-refractivity contribution in [3.05, 3.63) is 11.6 Å². The van der Waals surface area contributed by atoms with Crippen LogP contribution < -0.4 is 5.73 Å². The van der Waals surface area contributed by atoms with E-state index in [1.807, 2.05) is 0 Å². The second kappa shape index (κ2) is 3.51. The van der Waals surface area contributed by atoms with Gasteiger partial charge >= 0.3 is 0 Å². The third-order valence-corrected chi connectivity index (χ3v) is 2.04. The Bertz CT molecular complexity index is 194. The summed E-state index contributed by atoms with van der Waals surface area (Å²) < 4.78 is 0. The maximum atomic E-state index is 9.23. The highest BCUT2D eigenvalue weighted by Gasteiger charge is 2.34. The van der Waals surface area contributed by atoms with Crippen LogP contribution in [0.3, 0.4) is 0 Å². The van der Waals surface area contributed by atoms with E-state index in [0.29, 0.717) is 0 Å². The van der Waals surface area contributed by atoms with Gasteiger partial charge in [-0.1, -0.05) is 6.08 Å². The van der Waals surface area contributed by atoms with Crippen LogP contribution in [0.1, 0.15) is 0 Å². The van der Waals surface area contributed by atoms with Crippen molar-refractivity contribution in [3.63, 3.8) is 0 Å². The molecule has 1 aliphatic rings. The van der Waals surface area contributed by atoms with Crippen molar-refractivity contribution in [2.45, 2.75) is 24.4 Å². The number of aliphatic hydroxyl groups is 4. The van der Waals surface area contributed by atoms with Gasteiger partial charge in [-0.05, 0) is 5.57 Å². The third kappa shape index (κ3) is 1.50. The van der Waals surface area contributed by atoms with Crippen molar-refractivity contribution < 1.29 is 20.4 Å². The van der Waals surface area contributed by atoms with Crippen LogP contribution >= 0.6 is 0 Å². The van der Waals surface area contributed by atoms with E-state index < -0.39 is 24.4 Å². The number of aliphatic hydroxyl groups excluding tert-OH is 4. The zero-order chi connectivity index (χ0) is 9.30. The summed E-state index contributed by atoms with van der Waals surface area (Å²) in [5.74, 6) is 0. The first kappa shape index (κ1) is 9.63. The third-order valence-electron chi connectivity index (χ3n) is 2.04. The molecule has 70 valence electrons. The van der Waals surface area contributed by atoms with Gasteiger partial charge < -0.3 is 26.2 Å². The standard InChI is InChI=1S/C7H13NO4/c8-4-1-3(2-9)5(10)7(12)6(4)11/h1,4-7,9-12H,2,8H2/t4-,5-,6-,7-/m0/s1. The average Bonchev–Trinajstić information content (AvgIpc) is 2.08. The van der Waals surface area contributed by atoms with Crippen molar-refractivity contribution in [1.29, 1.82) is 0 Å². The molecule has 0 fully saturated rings. The molecule has 1 rings (SSSR count). The summed E-state index contributed by atoms with van der Waals surface area (Å²) in [5, 5.41) is 36.3. The van der Waals surface area contributed by atoms with Gasteiger partial charge in [0.05, 0.1) is 12.6 Å². The number of hydrogen-bond acceptors (Lipinski definition) is 5. The van der Waals surface area contributed by atoms with Crippen molar-refractivity contribution in [2.75, 3.05) is 6.61 Å². The highest BCUT2D eigenvalue weighted by atomic mass is 16.4. The maximum Gasteiger partial charge on any atom is 0.111 e. The molecule has 0 radical (unpaired) electrons. The second-order valence-corrected chi connectivity index (χ2v) is 2.90. The van der Waals surface area contributed by atoms with Crippen molar-refractivity contribution in [1.82, 2.24) is 0 Å². The molecule has 5 heteroatoms. The van der Waals surface area contributed by atoms with E-state index in [2.05, 4.69) is 0 Å². The van der Waals surface area contributed by atoms with E-state index in [4.69, 9.17) is 15.9 Å². The zero-order valence-corrected chi connectivity index (χ0v) is 6.46. The van der Waals surface area contributed by atoms with Gasteiger partial charge in [0.25, 0.3) is 0 Å². The minimum absolute atomic E-state index is 0.250. The van der Waals surface area contributed by atoms with Gasteiger partial charge in [-0.3, -0.25) is 0 Å². The molecular weight excluding hydrogens is 162 g/mol. The minimum atomic E-state index is -1.31. The van der Waals surface area contributed by atoms with E-state index in [9.17, 15) is 10.2 Å². The van der Waals surface area contributed by atoms with E-state index in [0.717, 1.165) is 0 Å². The second-order valence-electron chi connectivity index (χ2n) is 2.90. The molecule has 0 saturated carbocycles. The molecule has 0 aromatic heterocycles. The van der Waals surface area contributed by atoms with E-state index in [1.54, 1.807) is 0 Å². The molecule has 0 aliphatic heterocycles. The van der Waals surface area contributed by atoms with Crippen molar-refractivity contribution >= 4 is 0 Å². The number of nitrogens with two attached hydrogens (primary N) is 1. The molecule has 0 aromatic carbocycles. The highest BCUT2D eigenvalue weighted by Crippen LogP contribution is 2.18. The van der Waals surface area contributed by atoms with Crippen LogP contribution in [0.25, 0.3) is 0 Å². The Morgan fingerprint density at radius 2 is 1.83 bits per heavy atom. The van der Waals surface area contributed by atoms with Gasteiger partial charge in [-0.15, -0.1) is 0 Å². The van der Waals surface area contributed by atoms with Crippen LogP contribution in [0, 0.1) is 0 Å². The minimum Gasteiger partial charge on any atom is -0.392 e. The summed E-state index contributed by atoms with van der Waals surface area (Å²) in [6.07, 6.45) is -2.34. The Morgan fingerprint density at radius 3 is 2.33 bits per heavy atom. The first-order chi connectivity index (χ1) is 5.57. The smallest absolute Gasteiger partial charge is 0.111 e. The van der Waals surface area contributed by atoms with E-state index in [-0.39, 0.29) is 12.2 Å². The Balaban J connectivity index is 2.84. The summed E-state index contributed by atoms with van der Waals surface area (Å²) in [7, 11) is 0. The van der Waals surface area contributed by atoms with Crippen molar-refractivity contribution in [2.24, 2.45) is 5.73 Å². The Morgan fingerprint density at radius 1 is 1.25 bits per heavy atom. The predicted molar refractivity (Wildman–Crippen MR) is 41.2 cm³/mol. The summed E-state index contributed by atoms with van der Waals surface area (Å²) in [4.78, 5) is 0. The normalized spacial score (nSPS) is 42.6. The summed E-state index contributed by atoms with van der Waals surface area (Å²) in [5.41, 5.74) is 5.64. The van der Waals surface area contributed by atoms with Crippen LogP contribution in [0.4, 0.5) is 0 Å². The Hall–Kier alpha value is -0.460. The molecule has 4 atom stereocenters. The van der Waals surface area contributed by atoms with Crippen LogP contribution in [0.15, 0.2) is 11.6 Å². The van der Waals surface area contributed by atoms with Crippen LogP contribution in [-0.4, -0.2) is 51.4 Å². The monoisotopic (exact) mass is 175 g/mol. The van der Waals surface area contributed by atoms with Gasteiger partial charge in [0.1, 0.15) is 18.3 Å². The molecule has 6 N–H and O–H groups in total. The lowest BCUT2D eigenvalue weighted by Crippen LogP contribution is -2.52. The lowest BCUT2D eigenvalue weighted by atomic mass is 9.89. The lowest BCUT2D eigenvalue weighted by molar-refractivity contribution is -0.0596. The quantitative estimate of drug-likeness (QED) is 0.279.